The Kier molecular flexibility index (Phi) is 8.03. The number of rotatable bonds is 7. The second-order valence-corrected chi connectivity index (χ2v) is 7.59. The predicted octanol–water partition coefficient (Wildman–Crippen LogP) is 2.71. The van der Waals surface area contributed by atoms with Gasteiger partial charge in [0.1, 0.15) is 5.75 Å². The van der Waals surface area contributed by atoms with Crippen LogP contribution in [-0.4, -0.2) is 81.0 Å². The molecule has 8 heteroatoms. The van der Waals surface area contributed by atoms with E-state index in [-0.39, 0.29) is 18.6 Å². The van der Waals surface area contributed by atoms with E-state index in [0.717, 1.165) is 45.7 Å². The van der Waals surface area contributed by atoms with Crippen LogP contribution < -0.4 is 4.74 Å². The number of hydrogen-bond acceptors (Lipinski definition) is 5. The second-order valence-electron chi connectivity index (χ2n) is 6.75. The summed E-state index contributed by atoms with van der Waals surface area (Å²) in [5.41, 5.74) is 0. The molecule has 0 spiro atoms. The Hall–Kier alpha value is -1.05. The number of carbonyl (C=O) groups excluding carboxylic acids is 1. The van der Waals surface area contributed by atoms with Crippen LogP contribution in [0.15, 0.2) is 18.2 Å². The van der Waals surface area contributed by atoms with Crippen LogP contribution in [-0.2, 0) is 14.3 Å². The summed E-state index contributed by atoms with van der Waals surface area (Å²) in [6, 6.07) is 5.18. The van der Waals surface area contributed by atoms with Crippen molar-refractivity contribution in [2.45, 2.75) is 18.9 Å². The van der Waals surface area contributed by atoms with Crippen molar-refractivity contribution in [3.05, 3.63) is 28.2 Å². The normalized spacial score (nSPS) is 19.0. The predicted molar refractivity (Wildman–Crippen MR) is 105 cm³/mol. The van der Waals surface area contributed by atoms with E-state index < -0.39 is 0 Å². The molecule has 2 fully saturated rings. The third-order valence-electron chi connectivity index (χ3n) is 4.96. The molecule has 0 N–H and O–H groups in total. The Balaban J connectivity index is 1.58. The van der Waals surface area contributed by atoms with E-state index in [0.29, 0.717) is 35.6 Å². The number of morpholine rings is 1. The van der Waals surface area contributed by atoms with Crippen molar-refractivity contribution < 1.29 is 19.0 Å². The van der Waals surface area contributed by atoms with Crippen molar-refractivity contribution >= 4 is 29.1 Å². The zero-order valence-corrected chi connectivity index (χ0v) is 16.9. The molecule has 0 aromatic heterocycles. The first-order chi connectivity index (χ1) is 13.1. The van der Waals surface area contributed by atoms with E-state index in [9.17, 15) is 4.79 Å². The maximum absolute atomic E-state index is 12.9. The Morgan fingerprint density at radius 2 is 1.85 bits per heavy atom. The number of amides is 1. The minimum Gasteiger partial charge on any atom is -0.482 e. The van der Waals surface area contributed by atoms with Crippen LogP contribution in [0.2, 0.25) is 10.0 Å². The van der Waals surface area contributed by atoms with Crippen molar-refractivity contribution in [2.75, 3.05) is 59.2 Å². The van der Waals surface area contributed by atoms with Gasteiger partial charge in [-0.3, -0.25) is 9.69 Å². The molecule has 1 amide bonds. The molecule has 3 rings (SSSR count). The van der Waals surface area contributed by atoms with Crippen LogP contribution in [0.25, 0.3) is 0 Å². The standard InChI is InChI=1S/C19H26Cl2N2O4/c20-15-1-2-18(17(21)13-15)27-14-19(24)23(16-3-9-25-10-4-16)6-5-22-7-11-26-12-8-22/h1-2,13,16H,3-12,14H2. The van der Waals surface area contributed by atoms with Gasteiger partial charge in [-0.25, -0.2) is 0 Å². The summed E-state index contributed by atoms with van der Waals surface area (Å²) in [6.45, 7) is 6.19. The van der Waals surface area contributed by atoms with Gasteiger partial charge < -0.3 is 19.1 Å². The number of halogens is 2. The second kappa shape index (κ2) is 10.5. The monoisotopic (exact) mass is 416 g/mol. The van der Waals surface area contributed by atoms with E-state index in [1.165, 1.54) is 0 Å². The lowest BCUT2D eigenvalue weighted by molar-refractivity contribution is -0.138. The molecule has 0 unspecified atom stereocenters. The van der Waals surface area contributed by atoms with Crippen molar-refractivity contribution in [3.63, 3.8) is 0 Å². The zero-order chi connectivity index (χ0) is 19.1. The third kappa shape index (κ3) is 6.22. The van der Waals surface area contributed by atoms with Gasteiger partial charge in [-0.05, 0) is 31.0 Å². The fourth-order valence-corrected chi connectivity index (χ4v) is 3.86. The zero-order valence-electron chi connectivity index (χ0n) is 15.4. The summed E-state index contributed by atoms with van der Waals surface area (Å²) in [4.78, 5) is 17.2. The molecule has 1 aromatic rings. The fourth-order valence-electron chi connectivity index (χ4n) is 3.40. The van der Waals surface area contributed by atoms with E-state index >= 15 is 0 Å². The third-order valence-corrected chi connectivity index (χ3v) is 5.49. The Bertz CT molecular complexity index is 620. The first-order valence-corrected chi connectivity index (χ1v) is 10.1. The van der Waals surface area contributed by atoms with Crippen LogP contribution in [0.1, 0.15) is 12.8 Å². The largest absolute Gasteiger partial charge is 0.482 e. The molecule has 2 aliphatic rings. The molecule has 2 heterocycles. The van der Waals surface area contributed by atoms with Gasteiger partial charge in [-0.2, -0.15) is 0 Å². The molecule has 0 bridgehead atoms. The highest BCUT2D eigenvalue weighted by molar-refractivity contribution is 6.35. The van der Waals surface area contributed by atoms with Crippen LogP contribution in [0.5, 0.6) is 5.75 Å². The summed E-state index contributed by atoms with van der Waals surface area (Å²) in [6.07, 6.45) is 1.72. The van der Waals surface area contributed by atoms with Gasteiger partial charge in [0.25, 0.3) is 5.91 Å². The topological polar surface area (TPSA) is 51.2 Å². The number of ether oxygens (including phenoxy) is 3. The van der Waals surface area contributed by atoms with Gasteiger partial charge >= 0.3 is 0 Å². The molecular formula is C19H26Cl2N2O4. The number of carbonyl (C=O) groups is 1. The van der Waals surface area contributed by atoms with Gasteiger partial charge in [0.05, 0.1) is 18.2 Å². The molecule has 1 aromatic carbocycles. The van der Waals surface area contributed by atoms with Gasteiger partial charge in [-0.15, -0.1) is 0 Å². The summed E-state index contributed by atoms with van der Waals surface area (Å²) >= 11 is 12.0. The number of benzene rings is 1. The molecule has 2 saturated heterocycles. The van der Waals surface area contributed by atoms with E-state index in [4.69, 9.17) is 37.4 Å². The van der Waals surface area contributed by atoms with Crippen LogP contribution in [0.3, 0.4) is 0 Å². The average Bonchev–Trinajstić information content (AvgIpc) is 2.69. The quantitative estimate of drug-likeness (QED) is 0.683. The SMILES string of the molecule is O=C(COc1ccc(Cl)cc1Cl)N(CCN1CCOCC1)C1CCOCC1. The van der Waals surface area contributed by atoms with Gasteiger partial charge in [-0.1, -0.05) is 23.2 Å². The summed E-state index contributed by atoms with van der Waals surface area (Å²) < 4.78 is 16.5. The molecule has 150 valence electrons. The Morgan fingerprint density at radius 1 is 1.15 bits per heavy atom. The van der Waals surface area contributed by atoms with Crippen LogP contribution in [0, 0.1) is 0 Å². The first-order valence-electron chi connectivity index (χ1n) is 9.38. The van der Waals surface area contributed by atoms with E-state index in [2.05, 4.69) is 4.90 Å². The van der Waals surface area contributed by atoms with Gasteiger partial charge in [0, 0.05) is 50.5 Å². The minimum absolute atomic E-state index is 0.0267. The number of nitrogens with zero attached hydrogens (tertiary/aromatic N) is 2. The number of hydrogen-bond donors (Lipinski definition) is 0. The van der Waals surface area contributed by atoms with Crippen molar-refractivity contribution in [3.8, 4) is 5.75 Å². The lowest BCUT2D eigenvalue weighted by Gasteiger charge is -2.36. The molecular weight excluding hydrogens is 391 g/mol. The van der Waals surface area contributed by atoms with Crippen molar-refractivity contribution in [1.29, 1.82) is 0 Å². The Labute approximate surface area is 170 Å². The maximum atomic E-state index is 12.9. The fraction of sp³-hybridized carbons (Fsp3) is 0.632. The smallest absolute Gasteiger partial charge is 0.260 e. The van der Waals surface area contributed by atoms with E-state index in [1.54, 1.807) is 18.2 Å². The van der Waals surface area contributed by atoms with E-state index in [1.807, 2.05) is 4.90 Å². The van der Waals surface area contributed by atoms with Crippen LogP contribution in [0.4, 0.5) is 0 Å². The van der Waals surface area contributed by atoms with Crippen molar-refractivity contribution in [2.24, 2.45) is 0 Å². The highest BCUT2D eigenvalue weighted by atomic mass is 35.5. The average molecular weight is 417 g/mol. The lowest BCUT2D eigenvalue weighted by Crippen LogP contribution is -2.49. The van der Waals surface area contributed by atoms with Gasteiger partial charge in [0.2, 0.25) is 0 Å². The molecule has 0 radical (unpaired) electrons. The summed E-state index contributed by atoms with van der Waals surface area (Å²) in [5, 5.41) is 0.939. The minimum atomic E-state index is -0.0399. The Morgan fingerprint density at radius 3 is 2.56 bits per heavy atom. The van der Waals surface area contributed by atoms with Crippen molar-refractivity contribution in [1.82, 2.24) is 9.80 Å². The molecule has 6 nitrogen and oxygen atoms in total. The molecule has 2 aliphatic heterocycles. The van der Waals surface area contributed by atoms with Gasteiger partial charge in [0.15, 0.2) is 6.61 Å². The lowest BCUT2D eigenvalue weighted by atomic mass is 10.1. The first kappa shape index (κ1) is 20.7. The maximum Gasteiger partial charge on any atom is 0.260 e. The molecule has 0 atom stereocenters. The molecule has 27 heavy (non-hydrogen) atoms. The molecule has 0 saturated carbocycles. The van der Waals surface area contributed by atoms with Crippen LogP contribution >= 0.6 is 23.2 Å². The highest BCUT2D eigenvalue weighted by Crippen LogP contribution is 2.27. The summed E-state index contributed by atoms with van der Waals surface area (Å²) in [5.74, 6) is 0.440. The molecule has 0 aliphatic carbocycles. The highest BCUT2D eigenvalue weighted by Gasteiger charge is 2.27. The summed E-state index contributed by atoms with van der Waals surface area (Å²) in [7, 11) is 0.